The van der Waals surface area contributed by atoms with Crippen LogP contribution in [0.3, 0.4) is 0 Å². The summed E-state index contributed by atoms with van der Waals surface area (Å²) in [4.78, 5) is 0. The lowest BCUT2D eigenvalue weighted by molar-refractivity contribution is 0.418. The molecular formula is C27H35N3. The van der Waals surface area contributed by atoms with Gasteiger partial charge >= 0.3 is 0 Å². The summed E-state index contributed by atoms with van der Waals surface area (Å²) < 4.78 is 0. The highest BCUT2D eigenvalue weighted by atomic mass is 15.0. The van der Waals surface area contributed by atoms with Gasteiger partial charge in [-0.1, -0.05) is 91.0 Å². The van der Waals surface area contributed by atoms with Gasteiger partial charge in [-0.15, -0.1) is 0 Å². The van der Waals surface area contributed by atoms with Gasteiger partial charge in [-0.3, -0.25) is 0 Å². The van der Waals surface area contributed by atoms with Gasteiger partial charge in [0.2, 0.25) is 0 Å². The molecule has 3 N–H and O–H groups in total. The van der Waals surface area contributed by atoms with Crippen LogP contribution in [-0.2, 0) is 19.3 Å². The quantitative estimate of drug-likeness (QED) is 0.407. The van der Waals surface area contributed by atoms with Crippen LogP contribution >= 0.6 is 0 Å². The Labute approximate surface area is 181 Å². The van der Waals surface area contributed by atoms with Crippen molar-refractivity contribution in [2.75, 3.05) is 26.7 Å². The third-order valence-electron chi connectivity index (χ3n) is 5.44. The van der Waals surface area contributed by atoms with Gasteiger partial charge in [-0.2, -0.15) is 0 Å². The molecule has 2 atom stereocenters. The predicted octanol–water partition coefficient (Wildman–Crippen LogP) is 3.85. The van der Waals surface area contributed by atoms with Crippen molar-refractivity contribution < 1.29 is 0 Å². The zero-order valence-corrected chi connectivity index (χ0v) is 18.1. The molecule has 0 saturated heterocycles. The van der Waals surface area contributed by atoms with Crippen molar-refractivity contribution in [2.45, 2.75) is 31.3 Å². The van der Waals surface area contributed by atoms with Crippen molar-refractivity contribution in [1.82, 2.24) is 16.0 Å². The fourth-order valence-corrected chi connectivity index (χ4v) is 3.85. The first kappa shape index (κ1) is 22.2. The first-order valence-corrected chi connectivity index (χ1v) is 11.1. The molecule has 3 aromatic carbocycles. The van der Waals surface area contributed by atoms with Gasteiger partial charge < -0.3 is 16.0 Å². The predicted molar refractivity (Wildman–Crippen MR) is 128 cm³/mol. The summed E-state index contributed by atoms with van der Waals surface area (Å²) in [5.41, 5.74) is 4.14. The van der Waals surface area contributed by atoms with Crippen LogP contribution in [0, 0.1) is 0 Å². The summed E-state index contributed by atoms with van der Waals surface area (Å²) in [5, 5.41) is 11.0. The summed E-state index contributed by atoms with van der Waals surface area (Å²) in [5.74, 6) is 0. The van der Waals surface area contributed by atoms with Crippen LogP contribution in [0.15, 0.2) is 91.0 Å². The van der Waals surface area contributed by atoms with Gasteiger partial charge in [0.25, 0.3) is 0 Å². The van der Waals surface area contributed by atoms with Crippen LogP contribution in [0.4, 0.5) is 0 Å². The molecule has 0 fully saturated rings. The Hall–Kier alpha value is -2.46. The minimum atomic E-state index is 0.395. The van der Waals surface area contributed by atoms with Crippen LogP contribution in [0.25, 0.3) is 0 Å². The third-order valence-corrected chi connectivity index (χ3v) is 5.44. The van der Waals surface area contributed by atoms with E-state index in [9.17, 15) is 0 Å². The smallest absolute Gasteiger partial charge is 0.0233 e. The Morgan fingerprint density at radius 2 is 1.03 bits per heavy atom. The molecule has 3 rings (SSSR count). The zero-order valence-electron chi connectivity index (χ0n) is 18.1. The SMILES string of the molecule is CNCC(Cc1ccccc1)NC[C@H](Cc1ccccc1)NCCc1ccccc1. The molecule has 0 spiro atoms. The highest BCUT2D eigenvalue weighted by Gasteiger charge is 2.14. The lowest BCUT2D eigenvalue weighted by Gasteiger charge is -2.24. The fourth-order valence-electron chi connectivity index (χ4n) is 3.85. The van der Waals surface area contributed by atoms with Crippen LogP contribution < -0.4 is 16.0 Å². The van der Waals surface area contributed by atoms with Crippen molar-refractivity contribution in [2.24, 2.45) is 0 Å². The highest BCUT2D eigenvalue weighted by Crippen LogP contribution is 2.06. The summed E-state index contributed by atoms with van der Waals surface area (Å²) in [6.45, 7) is 2.89. The zero-order chi connectivity index (χ0) is 20.9. The second-order valence-electron chi connectivity index (χ2n) is 7.93. The lowest BCUT2D eigenvalue weighted by Crippen LogP contribution is -2.47. The Bertz CT molecular complexity index is 805. The van der Waals surface area contributed by atoms with Crippen molar-refractivity contribution in [3.63, 3.8) is 0 Å². The van der Waals surface area contributed by atoms with Crippen molar-refractivity contribution in [1.29, 1.82) is 0 Å². The molecule has 0 aliphatic carbocycles. The Morgan fingerprint density at radius 3 is 1.53 bits per heavy atom. The molecule has 0 radical (unpaired) electrons. The first-order chi connectivity index (χ1) is 14.8. The van der Waals surface area contributed by atoms with Gasteiger partial charge in [0.15, 0.2) is 0 Å². The maximum absolute atomic E-state index is 3.81. The first-order valence-electron chi connectivity index (χ1n) is 11.1. The lowest BCUT2D eigenvalue weighted by atomic mass is 10.0. The van der Waals surface area contributed by atoms with Crippen molar-refractivity contribution in [3.05, 3.63) is 108 Å². The fraction of sp³-hybridized carbons (Fsp3) is 0.333. The minimum absolute atomic E-state index is 0.395. The largest absolute Gasteiger partial charge is 0.318 e. The molecule has 0 bridgehead atoms. The Balaban J connectivity index is 1.56. The third kappa shape index (κ3) is 8.11. The van der Waals surface area contributed by atoms with E-state index in [4.69, 9.17) is 0 Å². The molecular weight excluding hydrogens is 366 g/mol. The average molecular weight is 402 g/mol. The maximum atomic E-state index is 3.81. The van der Waals surface area contributed by atoms with Crippen LogP contribution in [-0.4, -0.2) is 38.8 Å². The number of nitrogens with one attached hydrogen (secondary N) is 3. The minimum Gasteiger partial charge on any atom is -0.318 e. The molecule has 0 saturated carbocycles. The number of benzene rings is 3. The molecule has 3 aromatic rings. The van der Waals surface area contributed by atoms with E-state index in [1.54, 1.807) is 0 Å². The van der Waals surface area contributed by atoms with Gasteiger partial charge in [0, 0.05) is 25.2 Å². The van der Waals surface area contributed by atoms with Crippen molar-refractivity contribution in [3.8, 4) is 0 Å². The van der Waals surface area contributed by atoms with E-state index in [-0.39, 0.29) is 0 Å². The summed E-state index contributed by atoms with van der Waals surface area (Å²) in [6.07, 6.45) is 3.11. The van der Waals surface area contributed by atoms with Gasteiger partial charge in [-0.25, -0.2) is 0 Å². The normalized spacial score (nSPS) is 13.1. The second-order valence-corrected chi connectivity index (χ2v) is 7.93. The summed E-state index contributed by atoms with van der Waals surface area (Å²) >= 11 is 0. The highest BCUT2D eigenvalue weighted by molar-refractivity contribution is 5.18. The molecule has 3 nitrogen and oxygen atoms in total. The van der Waals surface area contributed by atoms with Crippen LogP contribution in [0.5, 0.6) is 0 Å². The number of hydrogen-bond acceptors (Lipinski definition) is 3. The molecule has 3 heteroatoms. The van der Waals surface area contributed by atoms with Crippen LogP contribution in [0.2, 0.25) is 0 Å². The van der Waals surface area contributed by atoms with E-state index in [0.29, 0.717) is 12.1 Å². The topological polar surface area (TPSA) is 36.1 Å². The molecule has 0 aliphatic heterocycles. The van der Waals surface area contributed by atoms with E-state index >= 15 is 0 Å². The van der Waals surface area contributed by atoms with E-state index in [1.165, 1.54) is 16.7 Å². The van der Waals surface area contributed by atoms with E-state index in [2.05, 4.69) is 107 Å². The van der Waals surface area contributed by atoms with E-state index in [0.717, 1.165) is 38.9 Å². The van der Waals surface area contributed by atoms with Crippen LogP contribution in [0.1, 0.15) is 16.7 Å². The molecule has 0 amide bonds. The molecule has 1 unspecified atom stereocenters. The molecule has 158 valence electrons. The number of likely N-dealkylation sites (N-methyl/N-ethyl adjacent to an activating group) is 1. The standard InChI is InChI=1S/C27H35N3/c1-28-21-26(19-24-13-7-3-8-14-24)30-22-27(20-25-15-9-4-10-16-25)29-18-17-23-11-5-2-6-12-23/h2-16,26-30H,17-22H2,1H3/t26?,27-/m0/s1. The molecule has 0 aromatic heterocycles. The number of hydrogen-bond donors (Lipinski definition) is 3. The average Bonchev–Trinajstić information content (AvgIpc) is 2.79. The second kappa shape index (κ2) is 13.0. The molecule has 0 aliphatic rings. The Kier molecular flexibility index (Phi) is 9.61. The van der Waals surface area contributed by atoms with Gasteiger partial charge in [0.05, 0.1) is 0 Å². The molecule has 30 heavy (non-hydrogen) atoms. The van der Waals surface area contributed by atoms with E-state index in [1.807, 2.05) is 7.05 Å². The van der Waals surface area contributed by atoms with Gasteiger partial charge in [-0.05, 0) is 49.5 Å². The summed E-state index contributed by atoms with van der Waals surface area (Å²) in [7, 11) is 2.03. The van der Waals surface area contributed by atoms with Gasteiger partial charge in [0.1, 0.15) is 0 Å². The Morgan fingerprint density at radius 1 is 0.567 bits per heavy atom. The number of rotatable bonds is 13. The molecule has 0 heterocycles. The van der Waals surface area contributed by atoms with Crippen molar-refractivity contribution >= 4 is 0 Å². The monoisotopic (exact) mass is 401 g/mol. The van der Waals surface area contributed by atoms with E-state index < -0.39 is 0 Å². The summed E-state index contributed by atoms with van der Waals surface area (Å²) in [6, 6.07) is 33.1. The maximum Gasteiger partial charge on any atom is 0.0233 e.